The summed E-state index contributed by atoms with van der Waals surface area (Å²) in [6, 6.07) is 19.2. The van der Waals surface area contributed by atoms with Gasteiger partial charge in [-0.15, -0.1) is 0 Å². The van der Waals surface area contributed by atoms with Crippen molar-refractivity contribution in [3.8, 4) is 0 Å². The van der Waals surface area contributed by atoms with Gasteiger partial charge >= 0.3 is 12.2 Å². The number of carbonyl (C=O) groups is 2. The van der Waals surface area contributed by atoms with Crippen LogP contribution in [-0.2, 0) is 21.6 Å². The van der Waals surface area contributed by atoms with Crippen LogP contribution in [0.3, 0.4) is 0 Å². The van der Waals surface area contributed by atoms with Crippen molar-refractivity contribution in [3.63, 3.8) is 0 Å². The fraction of sp³-hybridized carbons (Fsp3) is 0.391. The van der Waals surface area contributed by atoms with E-state index in [4.69, 9.17) is 9.47 Å². The van der Waals surface area contributed by atoms with Gasteiger partial charge in [-0.2, -0.15) is 0 Å². The molecule has 0 radical (unpaired) electrons. The van der Waals surface area contributed by atoms with Gasteiger partial charge in [0.1, 0.15) is 12.2 Å². The van der Waals surface area contributed by atoms with E-state index in [0.717, 1.165) is 11.1 Å². The number of rotatable bonds is 4. The Kier molecular flexibility index (Phi) is 6.11. The van der Waals surface area contributed by atoms with Crippen LogP contribution in [0.2, 0.25) is 0 Å². The molecular formula is C23H28N2O4. The highest BCUT2D eigenvalue weighted by molar-refractivity contribution is 5.71. The summed E-state index contributed by atoms with van der Waals surface area (Å²) in [7, 11) is 0. The molecular weight excluding hydrogens is 368 g/mol. The van der Waals surface area contributed by atoms with Crippen LogP contribution in [0.4, 0.5) is 9.59 Å². The molecule has 0 aliphatic carbocycles. The number of alkyl carbamates (subject to hydrolysis) is 1. The summed E-state index contributed by atoms with van der Waals surface area (Å²) in [5.41, 5.74) is 0.551. The number of benzene rings is 2. The molecule has 0 aromatic heterocycles. The number of ether oxygens (including phenoxy) is 2. The monoisotopic (exact) mass is 396 g/mol. The number of hydrogen-bond donors (Lipinski definition) is 1. The first-order valence-electron chi connectivity index (χ1n) is 9.80. The third-order valence-corrected chi connectivity index (χ3v) is 4.80. The van der Waals surface area contributed by atoms with Crippen LogP contribution in [0.25, 0.3) is 0 Å². The average molecular weight is 396 g/mol. The Balaban J connectivity index is 1.71. The van der Waals surface area contributed by atoms with E-state index in [1.165, 1.54) is 0 Å². The fourth-order valence-corrected chi connectivity index (χ4v) is 3.44. The molecule has 154 valence electrons. The third kappa shape index (κ3) is 5.50. The summed E-state index contributed by atoms with van der Waals surface area (Å²) in [6.45, 7) is 6.49. The van der Waals surface area contributed by atoms with Crippen LogP contribution in [-0.4, -0.2) is 35.8 Å². The molecule has 1 heterocycles. The van der Waals surface area contributed by atoms with Gasteiger partial charge in [-0.3, -0.25) is 0 Å². The zero-order valence-electron chi connectivity index (χ0n) is 17.2. The van der Waals surface area contributed by atoms with Crippen LogP contribution < -0.4 is 5.32 Å². The van der Waals surface area contributed by atoms with E-state index in [9.17, 15) is 9.59 Å². The molecule has 6 nitrogen and oxygen atoms in total. The summed E-state index contributed by atoms with van der Waals surface area (Å²) in [5.74, 6) is 0. The lowest BCUT2D eigenvalue weighted by Crippen LogP contribution is -2.50. The number of likely N-dealkylation sites (tertiary alicyclic amines) is 1. The van der Waals surface area contributed by atoms with Crippen molar-refractivity contribution in [2.45, 2.75) is 44.9 Å². The summed E-state index contributed by atoms with van der Waals surface area (Å²) in [6.07, 6.45) is -0.310. The molecule has 29 heavy (non-hydrogen) atoms. The smallest absolute Gasteiger partial charge is 0.410 e. The molecule has 1 atom stereocenters. The molecule has 2 aromatic carbocycles. The zero-order valence-corrected chi connectivity index (χ0v) is 17.2. The van der Waals surface area contributed by atoms with E-state index >= 15 is 0 Å². The van der Waals surface area contributed by atoms with Gasteiger partial charge in [-0.05, 0) is 38.3 Å². The molecule has 1 aliphatic rings. The van der Waals surface area contributed by atoms with Gasteiger partial charge in [0.2, 0.25) is 0 Å². The molecule has 0 bridgehead atoms. The first-order valence-corrected chi connectivity index (χ1v) is 9.80. The lowest BCUT2D eigenvalue weighted by atomic mass is 9.89. The predicted molar refractivity (Wildman–Crippen MR) is 110 cm³/mol. The summed E-state index contributed by atoms with van der Waals surface area (Å²) in [5, 5.41) is 3.01. The van der Waals surface area contributed by atoms with Gasteiger partial charge in [-0.1, -0.05) is 60.7 Å². The molecule has 1 saturated heterocycles. The Hall–Kier alpha value is -3.02. The van der Waals surface area contributed by atoms with Crippen LogP contribution in [0.15, 0.2) is 60.7 Å². The first kappa shape index (κ1) is 20.7. The maximum atomic E-state index is 12.6. The summed E-state index contributed by atoms with van der Waals surface area (Å²) < 4.78 is 10.9. The minimum Gasteiger partial charge on any atom is -0.445 e. The Morgan fingerprint density at radius 1 is 1.03 bits per heavy atom. The highest BCUT2D eigenvalue weighted by Gasteiger charge is 2.44. The Labute approximate surface area is 171 Å². The molecule has 6 heteroatoms. The van der Waals surface area contributed by atoms with Gasteiger partial charge in [-0.25, -0.2) is 9.59 Å². The van der Waals surface area contributed by atoms with Crippen molar-refractivity contribution >= 4 is 12.2 Å². The highest BCUT2D eigenvalue weighted by atomic mass is 16.6. The van der Waals surface area contributed by atoms with Gasteiger partial charge in [0.15, 0.2) is 0 Å². The highest BCUT2D eigenvalue weighted by Crippen LogP contribution is 2.33. The normalized spacial score (nSPS) is 18.9. The number of nitrogens with one attached hydrogen (secondary N) is 1. The van der Waals surface area contributed by atoms with E-state index < -0.39 is 23.3 Å². The molecule has 3 rings (SSSR count). The van der Waals surface area contributed by atoms with Gasteiger partial charge < -0.3 is 19.7 Å². The van der Waals surface area contributed by atoms with Crippen LogP contribution in [0, 0.1) is 0 Å². The molecule has 1 unspecified atom stereocenters. The van der Waals surface area contributed by atoms with E-state index in [-0.39, 0.29) is 6.61 Å². The van der Waals surface area contributed by atoms with Crippen molar-refractivity contribution in [1.29, 1.82) is 0 Å². The van der Waals surface area contributed by atoms with Crippen molar-refractivity contribution in [2.75, 3.05) is 13.1 Å². The predicted octanol–water partition coefficient (Wildman–Crippen LogP) is 4.45. The molecule has 1 aliphatic heterocycles. The Bertz CT molecular complexity index is 833. The quantitative estimate of drug-likeness (QED) is 0.829. The van der Waals surface area contributed by atoms with E-state index in [1.54, 1.807) is 4.90 Å². The van der Waals surface area contributed by atoms with Crippen molar-refractivity contribution < 1.29 is 19.1 Å². The van der Waals surface area contributed by atoms with Crippen molar-refractivity contribution in [1.82, 2.24) is 10.2 Å². The summed E-state index contributed by atoms with van der Waals surface area (Å²) >= 11 is 0. The SMILES string of the molecule is CC(C)(C)OC(=O)NC1(c2ccccc2)CCN(C(=O)OCc2ccccc2)C1. The molecule has 0 saturated carbocycles. The summed E-state index contributed by atoms with van der Waals surface area (Å²) in [4.78, 5) is 26.8. The fourth-order valence-electron chi connectivity index (χ4n) is 3.44. The molecule has 1 N–H and O–H groups in total. The molecule has 1 fully saturated rings. The van der Waals surface area contributed by atoms with Crippen molar-refractivity contribution in [2.24, 2.45) is 0 Å². The van der Waals surface area contributed by atoms with E-state index in [1.807, 2.05) is 81.4 Å². The van der Waals surface area contributed by atoms with Gasteiger partial charge in [0.25, 0.3) is 0 Å². The van der Waals surface area contributed by atoms with Crippen LogP contribution in [0.1, 0.15) is 38.3 Å². The van der Waals surface area contributed by atoms with Crippen molar-refractivity contribution in [3.05, 3.63) is 71.8 Å². The molecule has 2 amide bonds. The maximum absolute atomic E-state index is 12.6. The van der Waals surface area contributed by atoms with Crippen LogP contribution in [0.5, 0.6) is 0 Å². The average Bonchev–Trinajstić information content (AvgIpc) is 3.11. The second kappa shape index (κ2) is 8.55. The number of nitrogens with zero attached hydrogens (tertiary/aromatic N) is 1. The first-order chi connectivity index (χ1) is 13.8. The second-order valence-corrected chi connectivity index (χ2v) is 8.29. The molecule has 0 spiro atoms. The number of hydrogen-bond acceptors (Lipinski definition) is 4. The maximum Gasteiger partial charge on any atom is 0.410 e. The topological polar surface area (TPSA) is 67.9 Å². The minimum atomic E-state index is -0.713. The standard InChI is InChI=1S/C23H28N2O4/c1-22(2,3)29-20(26)24-23(19-12-8-5-9-13-19)14-15-25(17-23)21(27)28-16-18-10-6-4-7-11-18/h4-13H,14-17H2,1-3H3,(H,24,26). The zero-order chi connectivity index (χ0) is 20.9. The second-order valence-electron chi connectivity index (χ2n) is 8.29. The number of carbonyl (C=O) groups excluding carboxylic acids is 2. The van der Waals surface area contributed by atoms with Crippen LogP contribution >= 0.6 is 0 Å². The molecule has 2 aromatic rings. The van der Waals surface area contributed by atoms with Gasteiger partial charge in [0, 0.05) is 6.54 Å². The lowest BCUT2D eigenvalue weighted by molar-refractivity contribution is 0.0449. The largest absolute Gasteiger partial charge is 0.445 e. The van der Waals surface area contributed by atoms with E-state index in [2.05, 4.69) is 5.32 Å². The minimum absolute atomic E-state index is 0.216. The Morgan fingerprint density at radius 2 is 1.66 bits per heavy atom. The number of amides is 2. The lowest BCUT2D eigenvalue weighted by Gasteiger charge is -2.32. The van der Waals surface area contributed by atoms with E-state index in [0.29, 0.717) is 19.5 Å². The Morgan fingerprint density at radius 3 is 2.28 bits per heavy atom. The third-order valence-electron chi connectivity index (χ3n) is 4.80. The van der Waals surface area contributed by atoms with Gasteiger partial charge in [0.05, 0.1) is 12.1 Å².